The second-order valence-electron chi connectivity index (χ2n) is 4.39. The van der Waals surface area contributed by atoms with Gasteiger partial charge in [0.15, 0.2) is 0 Å². The molecule has 0 N–H and O–H groups in total. The number of aldehydes is 1. The molecule has 1 aliphatic heterocycles. The molecule has 0 spiro atoms. The number of aliphatic imine (C=N–C) groups is 1. The van der Waals surface area contributed by atoms with Gasteiger partial charge >= 0.3 is 145 Å². The Balaban J connectivity index is 2.63. The molecule has 22 heavy (non-hydrogen) atoms. The molecule has 1 aromatic carbocycles. The van der Waals surface area contributed by atoms with Crippen molar-refractivity contribution >= 4 is 28.9 Å². The fourth-order valence-electron chi connectivity index (χ4n) is 2.05. The van der Waals surface area contributed by atoms with Crippen molar-refractivity contribution < 1.29 is 30.8 Å². The second-order valence-corrected chi connectivity index (χ2v) is 8.00. The Labute approximate surface area is 144 Å². The number of carbonyl (C=O) groups excluding carboxylic acids is 2. The minimum absolute atomic E-state index is 0.00320. The van der Waals surface area contributed by atoms with Crippen molar-refractivity contribution in [2.45, 2.75) is 6.92 Å². The first-order valence-electron chi connectivity index (χ1n) is 6.53. The van der Waals surface area contributed by atoms with E-state index >= 15 is 0 Å². The van der Waals surface area contributed by atoms with Crippen molar-refractivity contribution in [3.8, 4) is 0 Å². The Morgan fingerprint density at radius 3 is 2.55 bits per heavy atom. The van der Waals surface area contributed by atoms with E-state index in [4.69, 9.17) is 0 Å². The molecule has 0 fully saturated rings. The van der Waals surface area contributed by atoms with E-state index in [1.807, 2.05) is 29.2 Å². The molecule has 2 rings (SSSR count). The predicted molar refractivity (Wildman–Crippen MR) is 87.7 cm³/mol. The molecule has 1 aliphatic rings. The number of hydrogen-bond donors (Lipinski definition) is 0. The summed E-state index contributed by atoms with van der Waals surface area (Å²) in [4.78, 5) is 28.9. The number of Topliss-reactive ketones (excluding diaryl/α,β-unsaturated/α-hetero) is 1. The average Bonchev–Trinajstić information content (AvgIpc) is 2.88. The fourth-order valence-corrected chi connectivity index (χ4v) is 5.20. The zero-order valence-electron chi connectivity index (χ0n) is 12.3. The molecule has 0 saturated heterocycles. The second kappa shape index (κ2) is 7.69. The molecule has 1 heterocycles. The van der Waals surface area contributed by atoms with Crippen LogP contribution in [0.5, 0.6) is 0 Å². The quantitative estimate of drug-likeness (QED) is 0.301. The first-order valence-corrected chi connectivity index (χ1v) is 9.67. The van der Waals surface area contributed by atoms with Crippen LogP contribution < -0.4 is 21.2 Å². The third-order valence-electron chi connectivity index (χ3n) is 3.12. The molecule has 0 aromatic heterocycles. The summed E-state index contributed by atoms with van der Waals surface area (Å²) in [5.41, 5.74) is 2.30. The van der Waals surface area contributed by atoms with Gasteiger partial charge in [-0.15, -0.1) is 0 Å². The first-order chi connectivity index (χ1) is 10.6. The van der Waals surface area contributed by atoms with Crippen molar-refractivity contribution in [1.82, 2.24) is 0 Å². The number of allylic oxidation sites excluding steroid dienone is 3. The number of halogens is 1. The maximum absolute atomic E-state index is 12.9. The zero-order valence-corrected chi connectivity index (χ0v) is 15.3. The Morgan fingerprint density at radius 2 is 2.00 bits per heavy atom. The van der Waals surface area contributed by atoms with Crippen molar-refractivity contribution in [1.29, 1.82) is 0 Å². The van der Waals surface area contributed by atoms with E-state index in [9.17, 15) is 9.59 Å². The Hall–Kier alpha value is -1.47. The van der Waals surface area contributed by atoms with Gasteiger partial charge in [0.2, 0.25) is 0 Å². The summed E-state index contributed by atoms with van der Waals surface area (Å²) in [6, 6.07) is 9.19. The zero-order chi connectivity index (χ0) is 16.1. The van der Waals surface area contributed by atoms with Crippen molar-refractivity contribution in [2.75, 3.05) is 7.05 Å². The van der Waals surface area contributed by atoms with Crippen LogP contribution in [0.2, 0.25) is 0 Å². The summed E-state index contributed by atoms with van der Waals surface area (Å²) in [6.45, 7) is 5.66. The van der Waals surface area contributed by atoms with E-state index in [1.165, 1.54) is 11.8 Å². The third kappa shape index (κ3) is 3.30. The maximum atomic E-state index is 12.9. The number of rotatable bonds is 5. The minimum atomic E-state index is -0.652. The fraction of sp³-hybridized carbons (Fsp3) is 0.118. The van der Waals surface area contributed by atoms with Crippen LogP contribution in [0.25, 0.3) is 0 Å². The molecule has 0 unspecified atom stereocenters. The number of benzene rings is 1. The number of ketones is 1. The molecule has 5 heteroatoms. The van der Waals surface area contributed by atoms with Gasteiger partial charge in [0.25, 0.3) is 0 Å². The van der Waals surface area contributed by atoms with E-state index in [1.54, 1.807) is 19.2 Å². The van der Waals surface area contributed by atoms with Gasteiger partial charge in [0.1, 0.15) is 0 Å². The van der Waals surface area contributed by atoms with Crippen LogP contribution in [0.3, 0.4) is 0 Å². The molecule has 0 saturated carbocycles. The van der Waals surface area contributed by atoms with E-state index in [0.29, 0.717) is 10.5 Å². The number of thioether (sulfide) groups is 1. The normalized spacial score (nSPS) is 18.7. The van der Waals surface area contributed by atoms with Gasteiger partial charge in [-0.3, -0.25) is 0 Å². The predicted octanol–water partition coefficient (Wildman–Crippen LogP) is 0.604. The van der Waals surface area contributed by atoms with Gasteiger partial charge in [-0.25, -0.2) is 0 Å². The van der Waals surface area contributed by atoms with Gasteiger partial charge in [-0.05, 0) is 0 Å². The summed E-state index contributed by atoms with van der Waals surface area (Å²) >= 11 is 0.676. The van der Waals surface area contributed by atoms with E-state index in [0.717, 1.165) is 26.1 Å². The van der Waals surface area contributed by atoms with Crippen molar-refractivity contribution in [2.24, 2.45) is 4.99 Å². The Bertz CT molecular complexity index is 717. The van der Waals surface area contributed by atoms with Crippen LogP contribution in [0.15, 0.2) is 65.6 Å². The summed E-state index contributed by atoms with van der Waals surface area (Å²) in [5, 5.41) is 0.737. The van der Waals surface area contributed by atoms with Crippen LogP contribution in [0, 0.1) is 0 Å². The molecular formula is C17H15INO2S-. The molecule has 0 bridgehead atoms. The molecule has 114 valence electrons. The Kier molecular flexibility index (Phi) is 5.90. The standard InChI is InChI=1S/C17H15INO2S/c1-4-18-15(16(21)12-8-6-5-7-9-12)14-11(2)13(10-20)22-17(14)19-3/h4-10H,1H2,2-3H3/q-1/b15-14-,19-17?. The van der Waals surface area contributed by atoms with Crippen LogP contribution in [-0.4, -0.2) is 24.2 Å². The summed E-state index contributed by atoms with van der Waals surface area (Å²) in [6.07, 6.45) is 0.828. The monoisotopic (exact) mass is 424 g/mol. The molecule has 0 atom stereocenters. The van der Waals surface area contributed by atoms with E-state index in [-0.39, 0.29) is 5.78 Å². The van der Waals surface area contributed by atoms with Crippen molar-refractivity contribution in [3.63, 3.8) is 0 Å². The average molecular weight is 424 g/mol. The molecule has 0 aliphatic carbocycles. The summed E-state index contributed by atoms with van der Waals surface area (Å²) in [5.74, 6) is -0.00320. The number of hydrogen-bond acceptors (Lipinski definition) is 4. The Morgan fingerprint density at radius 1 is 1.32 bits per heavy atom. The van der Waals surface area contributed by atoms with Crippen LogP contribution in [0.4, 0.5) is 0 Å². The molecule has 0 amide bonds. The molecule has 0 radical (unpaired) electrons. The molecular weight excluding hydrogens is 409 g/mol. The summed E-state index contributed by atoms with van der Waals surface area (Å²) < 4.78 is 2.55. The number of carbonyl (C=O) groups is 2. The topological polar surface area (TPSA) is 46.5 Å². The van der Waals surface area contributed by atoms with Crippen molar-refractivity contribution in [3.05, 3.63) is 66.2 Å². The third-order valence-corrected chi connectivity index (χ3v) is 6.41. The molecule has 3 nitrogen and oxygen atoms in total. The van der Waals surface area contributed by atoms with Gasteiger partial charge in [0, 0.05) is 0 Å². The van der Waals surface area contributed by atoms with Gasteiger partial charge in [0.05, 0.1) is 0 Å². The SMILES string of the molecule is C=C[I-]/C(C(=O)c1ccccc1)=C1\C(=NC)SC(C=O)=C1C. The van der Waals surface area contributed by atoms with Gasteiger partial charge in [-0.1, -0.05) is 0 Å². The van der Waals surface area contributed by atoms with Crippen LogP contribution >= 0.6 is 11.8 Å². The summed E-state index contributed by atoms with van der Waals surface area (Å²) in [7, 11) is 1.68. The van der Waals surface area contributed by atoms with E-state index < -0.39 is 21.2 Å². The van der Waals surface area contributed by atoms with Crippen LogP contribution in [-0.2, 0) is 4.79 Å². The van der Waals surface area contributed by atoms with Crippen LogP contribution in [0.1, 0.15) is 17.3 Å². The molecule has 1 aromatic rings. The van der Waals surface area contributed by atoms with Gasteiger partial charge in [-0.2, -0.15) is 0 Å². The van der Waals surface area contributed by atoms with Gasteiger partial charge < -0.3 is 0 Å². The van der Waals surface area contributed by atoms with E-state index in [2.05, 4.69) is 11.6 Å². The number of nitrogens with zero attached hydrogens (tertiary/aromatic N) is 1. The first kappa shape index (κ1) is 16.9.